The molecule has 1 aromatic carbocycles. The number of carboxylic acid groups (broad SMARTS) is 1. The first-order valence-corrected chi connectivity index (χ1v) is 14.6. The Bertz CT molecular complexity index is 1250. The summed E-state index contributed by atoms with van der Waals surface area (Å²) >= 11 is 0. The lowest BCUT2D eigenvalue weighted by Gasteiger charge is -2.55. The molecule has 38 heavy (non-hydrogen) atoms. The summed E-state index contributed by atoms with van der Waals surface area (Å²) in [6, 6.07) is 9.62. The fraction of sp³-hybridized carbons (Fsp3) is 0.667. The van der Waals surface area contributed by atoms with Gasteiger partial charge in [-0.3, -0.25) is 14.5 Å². The Morgan fingerprint density at radius 2 is 1.63 bits per heavy atom. The fourth-order valence-corrected chi connectivity index (χ4v) is 8.38. The number of nitrogens with zero attached hydrogens (tertiary/aromatic N) is 4. The molecular formula is C30H40N4O4. The van der Waals surface area contributed by atoms with E-state index in [-0.39, 0.29) is 30.1 Å². The van der Waals surface area contributed by atoms with Gasteiger partial charge in [0.05, 0.1) is 17.5 Å². The SMILES string of the molecule is CON=C(CCC(=O)O)c1nc2ccccc2n(C2CC3CCC[C@H](C2)N3C2CC3CCCC(C3)C2)c1=O. The zero-order valence-electron chi connectivity index (χ0n) is 22.4. The number of aliphatic carboxylic acids is 1. The molecule has 5 atom stereocenters. The molecule has 4 unspecified atom stereocenters. The maximum Gasteiger partial charge on any atom is 0.303 e. The molecule has 1 aromatic heterocycles. The molecule has 8 heteroatoms. The first-order chi connectivity index (χ1) is 18.5. The lowest BCUT2D eigenvalue weighted by molar-refractivity contribution is -0.136. The predicted octanol–water partition coefficient (Wildman–Crippen LogP) is 5.14. The highest BCUT2D eigenvalue weighted by atomic mass is 16.6. The Balaban J connectivity index is 1.35. The van der Waals surface area contributed by atoms with Crippen molar-refractivity contribution in [2.75, 3.05) is 7.11 Å². The minimum absolute atomic E-state index is 0.0899. The number of aromatic nitrogens is 2. The maximum atomic E-state index is 14.1. The van der Waals surface area contributed by atoms with Crippen LogP contribution in [0.5, 0.6) is 0 Å². The number of hydrogen-bond donors (Lipinski definition) is 1. The molecule has 4 bridgehead atoms. The number of carboxylic acids is 1. The molecule has 4 aliphatic rings. The third-order valence-electron chi connectivity index (χ3n) is 9.74. The second-order valence-corrected chi connectivity index (χ2v) is 12.1. The average Bonchev–Trinajstić information content (AvgIpc) is 2.90. The fourth-order valence-electron chi connectivity index (χ4n) is 8.38. The molecule has 2 saturated heterocycles. The molecule has 4 fully saturated rings. The normalized spacial score (nSPS) is 31.8. The molecule has 2 aliphatic carbocycles. The Labute approximate surface area is 224 Å². The number of hydrogen-bond acceptors (Lipinski definition) is 6. The van der Waals surface area contributed by atoms with Crippen LogP contribution in [-0.4, -0.2) is 56.5 Å². The second-order valence-electron chi connectivity index (χ2n) is 12.1. The maximum absolute atomic E-state index is 14.1. The molecule has 0 amide bonds. The van der Waals surface area contributed by atoms with Crippen LogP contribution in [0.25, 0.3) is 11.0 Å². The smallest absolute Gasteiger partial charge is 0.303 e. The van der Waals surface area contributed by atoms with E-state index >= 15 is 0 Å². The van der Waals surface area contributed by atoms with Gasteiger partial charge in [0.25, 0.3) is 5.56 Å². The third kappa shape index (κ3) is 4.88. The summed E-state index contributed by atoms with van der Waals surface area (Å²) < 4.78 is 1.96. The van der Waals surface area contributed by atoms with Crippen LogP contribution in [0.15, 0.2) is 34.2 Å². The standard InChI is InChI=1S/C30H40N4O4/c1-38-32-26(12-13-28(35)36)29-30(37)34(27-11-3-2-10-25(27)31-29)24-17-21-8-5-9-22(18-24)33(21)23-15-19-6-4-7-20(14-19)16-23/h2-3,10-11,19-24H,4-9,12-18H2,1H3,(H,35,36)/t19?,20?,21-,22?,23?,24?/m1/s1. The minimum Gasteiger partial charge on any atom is -0.481 e. The summed E-state index contributed by atoms with van der Waals surface area (Å²) in [5.41, 5.74) is 1.90. The summed E-state index contributed by atoms with van der Waals surface area (Å²) in [6.45, 7) is 0. The molecule has 0 radical (unpaired) electrons. The zero-order valence-corrected chi connectivity index (χ0v) is 22.4. The van der Waals surface area contributed by atoms with Crippen LogP contribution in [-0.2, 0) is 9.63 Å². The van der Waals surface area contributed by atoms with Crippen molar-refractivity contribution >= 4 is 22.7 Å². The molecule has 0 spiro atoms. The Kier molecular flexibility index (Phi) is 7.25. The van der Waals surface area contributed by atoms with Gasteiger partial charge >= 0.3 is 5.97 Å². The Morgan fingerprint density at radius 3 is 2.32 bits per heavy atom. The summed E-state index contributed by atoms with van der Waals surface area (Å²) in [5, 5.41) is 13.3. The van der Waals surface area contributed by atoms with E-state index in [1.54, 1.807) is 0 Å². The van der Waals surface area contributed by atoms with Gasteiger partial charge < -0.3 is 14.5 Å². The van der Waals surface area contributed by atoms with Gasteiger partial charge in [0.15, 0.2) is 5.69 Å². The number of piperidine rings is 2. The molecule has 204 valence electrons. The van der Waals surface area contributed by atoms with Crippen LogP contribution in [0.4, 0.5) is 0 Å². The van der Waals surface area contributed by atoms with E-state index in [9.17, 15) is 14.7 Å². The van der Waals surface area contributed by atoms with Crippen LogP contribution in [0.2, 0.25) is 0 Å². The van der Waals surface area contributed by atoms with Crippen LogP contribution in [0.1, 0.15) is 95.2 Å². The van der Waals surface area contributed by atoms with Crippen molar-refractivity contribution in [1.82, 2.24) is 14.5 Å². The summed E-state index contributed by atoms with van der Waals surface area (Å²) in [5.74, 6) is 0.871. The van der Waals surface area contributed by atoms with E-state index < -0.39 is 5.97 Å². The number of para-hydroxylation sites is 2. The third-order valence-corrected chi connectivity index (χ3v) is 9.74. The molecule has 2 aromatic rings. The van der Waals surface area contributed by atoms with Gasteiger partial charge in [-0.2, -0.15) is 0 Å². The highest BCUT2D eigenvalue weighted by Crippen LogP contribution is 2.47. The average molecular weight is 521 g/mol. The van der Waals surface area contributed by atoms with E-state index in [4.69, 9.17) is 4.84 Å². The molecule has 6 rings (SSSR count). The van der Waals surface area contributed by atoms with E-state index in [1.807, 2.05) is 28.8 Å². The number of oxime groups is 1. The Hall–Kier alpha value is -2.74. The van der Waals surface area contributed by atoms with Gasteiger partial charge in [-0.1, -0.05) is 43.0 Å². The second kappa shape index (κ2) is 10.8. The lowest BCUT2D eigenvalue weighted by atomic mass is 9.68. The van der Waals surface area contributed by atoms with Crippen molar-refractivity contribution in [3.05, 3.63) is 40.3 Å². The highest BCUT2D eigenvalue weighted by molar-refractivity contribution is 6.00. The van der Waals surface area contributed by atoms with E-state index in [0.29, 0.717) is 23.8 Å². The molecule has 1 N–H and O–H groups in total. The quantitative estimate of drug-likeness (QED) is 0.401. The van der Waals surface area contributed by atoms with Gasteiger partial charge in [-0.15, -0.1) is 0 Å². The van der Waals surface area contributed by atoms with E-state index in [2.05, 4.69) is 15.0 Å². The molecule has 3 heterocycles. The summed E-state index contributed by atoms with van der Waals surface area (Å²) in [6.07, 6.45) is 14.0. The van der Waals surface area contributed by atoms with Gasteiger partial charge in [0, 0.05) is 30.6 Å². The van der Waals surface area contributed by atoms with Crippen LogP contribution in [0, 0.1) is 11.8 Å². The van der Waals surface area contributed by atoms with Crippen molar-refractivity contribution in [1.29, 1.82) is 0 Å². The molecule has 8 nitrogen and oxygen atoms in total. The van der Waals surface area contributed by atoms with Gasteiger partial charge in [-0.25, -0.2) is 4.98 Å². The monoisotopic (exact) mass is 520 g/mol. The van der Waals surface area contributed by atoms with Crippen molar-refractivity contribution in [3.63, 3.8) is 0 Å². The first-order valence-electron chi connectivity index (χ1n) is 14.6. The Morgan fingerprint density at radius 1 is 0.947 bits per heavy atom. The number of fused-ring (bicyclic) bond motifs is 5. The van der Waals surface area contributed by atoms with Crippen LogP contribution >= 0.6 is 0 Å². The van der Waals surface area contributed by atoms with Crippen molar-refractivity contribution < 1.29 is 14.7 Å². The van der Waals surface area contributed by atoms with Crippen molar-refractivity contribution in [3.8, 4) is 0 Å². The zero-order chi connectivity index (χ0) is 26.2. The number of carbonyl (C=O) groups is 1. The van der Waals surface area contributed by atoms with Gasteiger partial charge in [0.2, 0.25) is 0 Å². The van der Waals surface area contributed by atoms with Crippen LogP contribution < -0.4 is 5.56 Å². The molecule has 2 saturated carbocycles. The van der Waals surface area contributed by atoms with Crippen molar-refractivity contribution in [2.24, 2.45) is 17.0 Å². The highest BCUT2D eigenvalue weighted by Gasteiger charge is 2.45. The van der Waals surface area contributed by atoms with Crippen LogP contribution in [0.3, 0.4) is 0 Å². The number of rotatable bonds is 7. The van der Waals surface area contributed by atoms with Gasteiger partial charge in [-0.05, 0) is 68.9 Å². The number of benzene rings is 1. The molecular weight excluding hydrogens is 480 g/mol. The summed E-state index contributed by atoms with van der Waals surface area (Å²) in [7, 11) is 1.41. The van der Waals surface area contributed by atoms with E-state index in [0.717, 1.165) is 35.7 Å². The minimum atomic E-state index is -0.943. The largest absolute Gasteiger partial charge is 0.481 e. The first kappa shape index (κ1) is 25.5. The topological polar surface area (TPSA) is 97.0 Å². The van der Waals surface area contributed by atoms with E-state index in [1.165, 1.54) is 64.9 Å². The predicted molar refractivity (Wildman–Crippen MR) is 146 cm³/mol. The van der Waals surface area contributed by atoms with Gasteiger partial charge in [0.1, 0.15) is 12.8 Å². The lowest BCUT2D eigenvalue weighted by Crippen LogP contribution is -2.58. The summed E-state index contributed by atoms with van der Waals surface area (Å²) in [4.78, 5) is 38.0. The molecule has 2 aliphatic heterocycles. The van der Waals surface area contributed by atoms with Crippen molar-refractivity contribution in [2.45, 2.75) is 108 Å².